The van der Waals surface area contributed by atoms with Crippen molar-refractivity contribution in [3.8, 4) is 62.1 Å². The van der Waals surface area contributed by atoms with Crippen molar-refractivity contribution < 1.29 is 0 Å². The average Bonchev–Trinajstić information content (AvgIpc) is 3.71. The predicted molar refractivity (Wildman–Crippen MR) is 242 cm³/mol. The van der Waals surface area contributed by atoms with Crippen LogP contribution in [0.1, 0.15) is 25.0 Å². The number of fused-ring (bicyclic) bond motifs is 11. The number of hydrogen-bond acceptors (Lipinski definition) is 4. The minimum Gasteiger partial charge on any atom is -0.295 e. The maximum absolute atomic E-state index is 5.07. The second-order valence-electron chi connectivity index (χ2n) is 16.1. The Bertz CT molecular complexity index is 3250. The van der Waals surface area contributed by atoms with E-state index in [-0.39, 0.29) is 5.41 Å². The quantitative estimate of drug-likeness (QED) is 0.179. The van der Waals surface area contributed by atoms with Crippen LogP contribution in [0.4, 0.5) is 17.2 Å². The molecule has 0 bridgehead atoms. The van der Waals surface area contributed by atoms with Gasteiger partial charge in [0.1, 0.15) is 5.82 Å². The molecule has 8 aromatic carbocycles. The SMILES string of the molecule is CC1(C)c2cc(-c3nc(-c4ccccc4)nc(-c4ccccc4)n3)ccc2-c2ccc(N3c4ccccc4-c4ccccc4-n4c3cc3cc5ccccc5cc34)cc21. The summed E-state index contributed by atoms with van der Waals surface area (Å²) in [5.41, 5.74) is 14.7. The van der Waals surface area contributed by atoms with Gasteiger partial charge in [0.05, 0.1) is 16.9 Å². The van der Waals surface area contributed by atoms with Gasteiger partial charge in [-0.15, -0.1) is 0 Å². The smallest absolute Gasteiger partial charge is 0.164 e. The predicted octanol–water partition coefficient (Wildman–Crippen LogP) is 13.7. The molecule has 0 unspecified atom stereocenters. The van der Waals surface area contributed by atoms with E-state index in [9.17, 15) is 0 Å². The number of para-hydroxylation sites is 2. The first-order valence-corrected chi connectivity index (χ1v) is 20.2. The van der Waals surface area contributed by atoms with Crippen LogP contribution in [0.5, 0.6) is 0 Å². The molecule has 1 aliphatic carbocycles. The highest BCUT2D eigenvalue weighted by molar-refractivity contribution is 6.04. The fourth-order valence-electron chi connectivity index (χ4n) is 9.43. The Morgan fingerprint density at radius 1 is 0.390 bits per heavy atom. The summed E-state index contributed by atoms with van der Waals surface area (Å²) in [7, 11) is 0. The summed E-state index contributed by atoms with van der Waals surface area (Å²) in [5.74, 6) is 3.09. The number of aromatic nitrogens is 4. The van der Waals surface area contributed by atoms with Crippen LogP contribution >= 0.6 is 0 Å². The Balaban J connectivity index is 1.02. The van der Waals surface area contributed by atoms with Crippen LogP contribution in [0.2, 0.25) is 0 Å². The molecule has 59 heavy (non-hydrogen) atoms. The highest BCUT2D eigenvalue weighted by Crippen LogP contribution is 2.54. The number of hydrogen-bond donors (Lipinski definition) is 0. The molecule has 3 heterocycles. The van der Waals surface area contributed by atoms with Gasteiger partial charge in [-0.2, -0.15) is 0 Å². The third-order valence-corrected chi connectivity index (χ3v) is 12.3. The fraction of sp³-hybridized carbons (Fsp3) is 0.0556. The Morgan fingerprint density at radius 2 is 0.915 bits per heavy atom. The van der Waals surface area contributed by atoms with Gasteiger partial charge in [-0.05, 0) is 81.6 Å². The lowest BCUT2D eigenvalue weighted by atomic mass is 9.81. The van der Waals surface area contributed by atoms with Crippen LogP contribution in [-0.2, 0) is 5.41 Å². The molecule has 0 saturated carbocycles. The minimum atomic E-state index is -0.299. The second kappa shape index (κ2) is 12.7. The Hall–Kier alpha value is -7.63. The van der Waals surface area contributed by atoms with E-state index in [1.165, 1.54) is 60.7 Å². The molecular weight excluding hydrogens is 719 g/mol. The van der Waals surface area contributed by atoms with Crippen LogP contribution in [0.3, 0.4) is 0 Å². The first kappa shape index (κ1) is 33.5. The molecule has 5 heteroatoms. The lowest BCUT2D eigenvalue weighted by Gasteiger charge is -2.28. The van der Waals surface area contributed by atoms with E-state index in [1.807, 2.05) is 36.4 Å². The fourth-order valence-corrected chi connectivity index (χ4v) is 9.43. The molecule has 0 N–H and O–H groups in total. The van der Waals surface area contributed by atoms with E-state index in [4.69, 9.17) is 15.0 Å². The Morgan fingerprint density at radius 3 is 1.59 bits per heavy atom. The van der Waals surface area contributed by atoms with Gasteiger partial charge in [0.2, 0.25) is 0 Å². The maximum Gasteiger partial charge on any atom is 0.164 e. The molecule has 2 aliphatic rings. The third kappa shape index (κ3) is 5.14. The highest BCUT2D eigenvalue weighted by Gasteiger charge is 2.37. The van der Waals surface area contributed by atoms with E-state index in [0.717, 1.165) is 33.9 Å². The molecule has 12 rings (SSSR count). The molecule has 0 atom stereocenters. The molecule has 5 nitrogen and oxygen atoms in total. The lowest BCUT2D eigenvalue weighted by molar-refractivity contribution is 0.660. The van der Waals surface area contributed by atoms with Gasteiger partial charge in [-0.3, -0.25) is 9.47 Å². The summed E-state index contributed by atoms with van der Waals surface area (Å²) in [6.45, 7) is 4.69. The van der Waals surface area contributed by atoms with Crippen LogP contribution in [0, 0.1) is 0 Å². The maximum atomic E-state index is 5.07. The van der Waals surface area contributed by atoms with Gasteiger partial charge in [0.15, 0.2) is 17.5 Å². The molecule has 0 spiro atoms. The zero-order valence-corrected chi connectivity index (χ0v) is 32.6. The highest BCUT2D eigenvalue weighted by atomic mass is 15.3. The van der Waals surface area contributed by atoms with Crippen molar-refractivity contribution in [3.05, 3.63) is 199 Å². The molecule has 278 valence electrons. The third-order valence-electron chi connectivity index (χ3n) is 12.3. The number of anilines is 3. The molecule has 0 radical (unpaired) electrons. The van der Waals surface area contributed by atoms with Crippen molar-refractivity contribution in [2.75, 3.05) is 4.90 Å². The zero-order chi connectivity index (χ0) is 39.2. The number of nitrogens with zero attached hydrogens (tertiary/aromatic N) is 5. The summed E-state index contributed by atoms with van der Waals surface area (Å²) in [5, 5.41) is 3.68. The Kier molecular flexibility index (Phi) is 7.20. The summed E-state index contributed by atoms with van der Waals surface area (Å²) in [4.78, 5) is 17.5. The molecular formula is C54H37N5. The van der Waals surface area contributed by atoms with Gasteiger partial charge in [-0.1, -0.05) is 153 Å². The van der Waals surface area contributed by atoms with E-state index in [0.29, 0.717) is 17.5 Å². The van der Waals surface area contributed by atoms with Crippen molar-refractivity contribution >= 4 is 38.9 Å². The Labute approximate surface area is 342 Å². The number of benzene rings is 8. The molecule has 0 amide bonds. The van der Waals surface area contributed by atoms with Crippen LogP contribution in [0.25, 0.3) is 83.8 Å². The van der Waals surface area contributed by atoms with E-state index in [1.54, 1.807) is 0 Å². The van der Waals surface area contributed by atoms with Gasteiger partial charge in [0, 0.05) is 44.3 Å². The molecule has 0 fully saturated rings. The van der Waals surface area contributed by atoms with Crippen molar-refractivity contribution in [3.63, 3.8) is 0 Å². The van der Waals surface area contributed by atoms with Crippen molar-refractivity contribution in [2.45, 2.75) is 19.3 Å². The summed E-state index contributed by atoms with van der Waals surface area (Å²) >= 11 is 0. The van der Waals surface area contributed by atoms with Gasteiger partial charge in [0.25, 0.3) is 0 Å². The zero-order valence-electron chi connectivity index (χ0n) is 32.6. The largest absolute Gasteiger partial charge is 0.295 e. The van der Waals surface area contributed by atoms with E-state index in [2.05, 4.69) is 175 Å². The van der Waals surface area contributed by atoms with E-state index >= 15 is 0 Å². The molecule has 1 aliphatic heterocycles. The van der Waals surface area contributed by atoms with Crippen LogP contribution in [-0.4, -0.2) is 19.5 Å². The second-order valence-corrected chi connectivity index (χ2v) is 16.1. The normalized spacial score (nSPS) is 13.4. The molecule has 2 aromatic heterocycles. The summed E-state index contributed by atoms with van der Waals surface area (Å²) < 4.78 is 2.46. The number of rotatable bonds is 4. The summed E-state index contributed by atoms with van der Waals surface area (Å²) in [6.07, 6.45) is 0. The van der Waals surface area contributed by atoms with Crippen LogP contribution in [0.15, 0.2) is 188 Å². The van der Waals surface area contributed by atoms with Crippen molar-refractivity contribution in [1.29, 1.82) is 0 Å². The topological polar surface area (TPSA) is 46.8 Å². The minimum absolute atomic E-state index is 0.299. The summed E-state index contributed by atoms with van der Waals surface area (Å²) in [6, 6.07) is 67.4. The standard InChI is InChI=1S/C54H37N5/c1-54(2)45-30-38(53-56-51(34-15-5-3-6-16-34)55-52(57-53)35-17-7-4-8-18-35)25-27-41(45)42-28-26-40(33-46(42)54)58-47-23-13-11-21-43(47)44-22-12-14-24-48(44)59-49-31-37-20-10-9-19-36(37)29-39(49)32-50(58)59/h3-33H,1-2H3. The average molecular weight is 756 g/mol. The monoisotopic (exact) mass is 755 g/mol. The van der Waals surface area contributed by atoms with Crippen LogP contribution < -0.4 is 4.90 Å². The van der Waals surface area contributed by atoms with Crippen molar-refractivity contribution in [2.24, 2.45) is 0 Å². The van der Waals surface area contributed by atoms with Gasteiger partial charge in [-0.25, -0.2) is 15.0 Å². The van der Waals surface area contributed by atoms with Gasteiger partial charge >= 0.3 is 0 Å². The molecule has 10 aromatic rings. The first-order valence-electron chi connectivity index (χ1n) is 20.2. The first-order chi connectivity index (χ1) is 29.0. The van der Waals surface area contributed by atoms with Crippen molar-refractivity contribution in [1.82, 2.24) is 19.5 Å². The van der Waals surface area contributed by atoms with E-state index < -0.39 is 0 Å². The van der Waals surface area contributed by atoms with Gasteiger partial charge < -0.3 is 0 Å². The molecule has 0 saturated heterocycles. The lowest BCUT2D eigenvalue weighted by Crippen LogP contribution is -2.17.